The van der Waals surface area contributed by atoms with Crippen molar-refractivity contribution in [2.75, 3.05) is 6.54 Å². The van der Waals surface area contributed by atoms with E-state index in [0.717, 1.165) is 38.6 Å². The van der Waals surface area contributed by atoms with E-state index in [1.807, 2.05) is 35.2 Å². The van der Waals surface area contributed by atoms with Gasteiger partial charge >= 0.3 is 0 Å². The lowest BCUT2D eigenvalue weighted by Crippen LogP contribution is -2.29. The van der Waals surface area contributed by atoms with E-state index in [1.165, 1.54) is 16.0 Å². The molecule has 0 N–H and O–H groups in total. The van der Waals surface area contributed by atoms with Crippen LogP contribution in [0, 0.1) is 0 Å². The monoisotopic (exact) mass is 392 g/mol. The molecule has 2 aromatic heterocycles. The van der Waals surface area contributed by atoms with Gasteiger partial charge in [-0.15, -0.1) is 22.7 Å². The van der Waals surface area contributed by atoms with Crippen molar-refractivity contribution in [3.8, 4) is 0 Å². The minimum Gasteiger partial charge on any atom is -0.328 e. The SMILES string of the molecule is O=C(c1ccc(Br)s1)N1CCC[C@H]1c1nc2ccccc2s1. The van der Waals surface area contributed by atoms with Crippen molar-refractivity contribution in [1.29, 1.82) is 0 Å². The van der Waals surface area contributed by atoms with Crippen LogP contribution in [0.1, 0.15) is 33.6 Å². The molecule has 0 bridgehead atoms. The van der Waals surface area contributed by atoms with Gasteiger partial charge in [0.15, 0.2) is 0 Å². The maximum Gasteiger partial charge on any atom is 0.264 e. The molecule has 4 rings (SSSR count). The van der Waals surface area contributed by atoms with Gasteiger partial charge in [-0.05, 0) is 53.0 Å². The lowest BCUT2D eigenvalue weighted by molar-refractivity contribution is 0.0740. The number of aromatic nitrogens is 1. The molecule has 0 aliphatic carbocycles. The van der Waals surface area contributed by atoms with E-state index in [9.17, 15) is 4.79 Å². The molecule has 1 aliphatic heterocycles. The highest BCUT2D eigenvalue weighted by Gasteiger charge is 2.33. The van der Waals surface area contributed by atoms with Crippen molar-refractivity contribution in [3.63, 3.8) is 0 Å². The van der Waals surface area contributed by atoms with Gasteiger partial charge < -0.3 is 4.90 Å². The number of halogens is 1. The summed E-state index contributed by atoms with van der Waals surface area (Å²) in [5.41, 5.74) is 1.03. The van der Waals surface area contributed by atoms with E-state index in [0.29, 0.717) is 0 Å². The molecule has 3 heterocycles. The van der Waals surface area contributed by atoms with E-state index >= 15 is 0 Å². The molecule has 112 valence electrons. The second-order valence-corrected chi connectivity index (χ2v) is 8.81. The number of rotatable bonds is 2. The molecule has 3 aromatic rings. The standard InChI is InChI=1S/C16H13BrN2OS2/c17-14-8-7-13(21-14)16(20)19-9-3-5-11(19)15-18-10-4-1-2-6-12(10)22-15/h1-2,4,6-8,11H,3,5,9H2/t11-/m0/s1. The molecule has 1 saturated heterocycles. The molecule has 1 aliphatic rings. The summed E-state index contributed by atoms with van der Waals surface area (Å²) in [6.45, 7) is 0.814. The molecule has 0 radical (unpaired) electrons. The number of hydrogen-bond donors (Lipinski definition) is 0. The topological polar surface area (TPSA) is 33.2 Å². The Balaban J connectivity index is 1.67. The summed E-state index contributed by atoms with van der Waals surface area (Å²) < 4.78 is 2.18. The number of thiophene rings is 1. The maximum atomic E-state index is 12.8. The van der Waals surface area contributed by atoms with Crippen molar-refractivity contribution in [1.82, 2.24) is 9.88 Å². The van der Waals surface area contributed by atoms with Crippen LogP contribution in [-0.2, 0) is 0 Å². The zero-order valence-corrected chi connectivity index (χ0v) is 14.9. The van der Waals surface area contributed by atoms with E-state index < -0.39 is 0 Å². The molecular weight excluding hydrogens is 380 g/mol. The summed E-state index contributed by atoms with van der Waals surface area (Å²) in [6, 6.07) is 12.1. The average Bonchev–Trinajstić information content (AvgIpc) is 3.24. The summed E-state index contributed by atoms with van der Waals surface area (Å²) in [7, 11) is 0. The predicted molar refractivity (Wildman–Crippen MR) is 94.7 cm³/mol. The van der Waals surface area contributed by atoms with Crippen LogP contribution in [0.3, 0.4) is 0 Å². The van der Waals surface area contributed by atoms with E-state index in [4.69, 9.17) is 4.98 Å². The smallest absolute Gasteiger partial charge is 0.264 e. The highest BCUT2D eigenvalue weighted by molar-refractivity contribution is 9.11. The molecular formula is C16H13BrN2OS2. The molecule has 1 atom stereocenters. The Bertz CT molecular complexity index is 808. The number of hydrogen-bond acceptors (Lipinski definition) is 4. The highest BCUT2D eigenvalue weighted by Crippen LogP contribution is 2.38. The second-order valence-electron chi connectivity index (χ2n) is 5.28. The van der Waals surface area contributed by atoms with Crippen LogP contribution in [0.15, 0.2) is 40.2 Å². The Kier molecular flexibility index (Phi) is 3.76. The number of carbonyl (C=O) groups excluding carboxylic acids is 1. The van der Waals surface area contributed by atoms with Gasteiger partial charge in [-0.3, -0.25) is 4.79 Å². The molecule has 3 nitrogen and oxygen atoms in total. The van der Waals surface area contributed by atoms with Crippen molar-refractivity contribution < 1.29 is 4.79 Å². The molecule has 0 unspecified atom stereocenters. The Labute approximate surface area is 144 Å². The van der Waals surface area contributed by atoms with E-state index in [1.54, 1.807) is 11.3 Å². The third-order valence-corrected chi connectivity index (χ3v) is 6.64. The van der Waals surface area contributed by atoms with Crippen LogP contribution >= 0.6 is 38.6 Å². The number of benzene rings is 1. The van der Waals surface area contributed by atoms with Gasteiger partial charge in [-0.2, -0.15) is 0 Å². The van der Waals surface area contributed by atoms with Crippen LogP contribution in [0.4, 0.5) is 0 Å². The Hall–Kier alpha value is -1.24. The number of para-hydroxylation sites is 1. The number of fused-ring (bicyclic) bond motifs is 1. The van der Waals surface area contributed by atoms with Gasteiger partial charge in [-0.1, -0.05) is 12.1 Å². The fourth-order valence-corrected chi connectivity index (χ4v) is 5.33. The lowest BCUT2D eigenvalue weighted by atomic mass is 10.2. The summed E-state index contributed by atoms with van der Waals surface area (Å²) in [5.74, 6) is 0.123. The molecule has 0 spiro atoms. The van der Waals surface area contributed by atoms with Gasteiger partial charge in [0.2, 0.25) is 0 Å². The number of thiazole rings is 1. The summed E-state index contributed by atoms with van der Waals surface area (Å²) in [4.78, 5) is 20.3. The molecule has 1 aromatic carbocycles. The highest BCUT2D eigenvalue weighted by atomic mass is 79.9. The number of likely N-dealkylation sites (tertiary alicyclic amines) is 1. The van der Waals surface area contributed by atoms with Gasteiger partial charge in [0, 0.05) is 6.54 Å². The Morgan fingerprint density at radius 2 is 2.09 bits per heavy atom. The molecule has 6 heteroatoms. The van der Waals surface area contributed by atoms with Gasteiger partial charge in [0.25, 0.3) is 5.91 Å². The van der Waals surface area contributed by atoms with Crippen molar-refractivity contribution in [2.24, 2.45) is 0 Å². The molecule has 1 amide bonds. The van der Waals surface area contributed by atoms with Crippen molar-refractivity contribution in [2.45, 2.75) is 18.9 Å². The summed E-state index contributed by atoms with van der Waals surface area (Å²) in [5, 5.41) is 1.06. The van der Waals surface area contributed by atoms with Crippen molar-refractivity contribution >= 4 is 54.7 Å². The van der Waals surface area contributed by atoms with E-state index in [2.05, 4.69) is 22.0 Å². The zero-order valence-electron chi connectivity index (χ0n) is 11.7. The largest absolute Gasteiger partial charge is 0.328 e. The first-order valence-corrected chi connectivity index (χ1v) is 9.57. The first-order valence-electron chi connectivity index (χ1n) is 7.14. The molecule has 22 heavy (non-hydrogen) atoms. The number of nitrogens with zero attached hydrogens (tertiary/aromatic N) is 2. The van der Waals surface area contributed by atoms with Gasteiger partial charge in [0.05, 0.1) is 24.9 Å². The van der Waals surface area contributed by atoms with Gasteiger partial charge in [0.1, 0.15) is 5.01 Å². The molecule has 1 fully saturated rings. The summed E-state index contributed by atoms with van der Waals surface area (Å²) in [6.07, 6.45) is 2.04. The summed E-state index contributed by atoms with van der Waals surface area (Å²) >= 11 is 6.63. The minimum atomic E-state index is 0.116. The normalized spacial score (nSPS) is 18.2. The first-order chi connectivity index (χ1) is 10.7. The Morgan fingerprint density at radius 1 is 1.23 bits per heavy atom. The zero-order chi connectivity index (χ0) is 15.1. The first kappa shape index (κ1) is 14.4. The minimum absolute atomic E-state index is 0.116. The lowest BCUT2D eigenvalue weighted by Gasteiger charge is -2.22. The van der Waals surface area contributed by atoms with Crippen LogP contribution in [0.5, 0.6) is 0 Å². The maximum absolute atomic E-state index is 12.8. The average molecular weight is 393 g/mol. The van der Waals surface area contributed by atoms with Crippen molar-refractivity contribution in [3.05, 3.63) is 50.1 Å². The predicted octanol–water partition coefficient (Wildman–Crippen LogP) is 5.10. The van der Waals surface area contributed by atoms with E-state index in [-0.39, 0.29) is 11.9 Å². The third kappa shape index (κ3) is 2.49. The van der Waals surface area contributed by atoms with Crippen LogP contribution in [0.25, 0.3) is 10.2 Å². The quantitative estimate of drug-likeness (QED) is 0.607. The van der Waals surface area contributed by atoms with Crippen LogP contribution < -0.4 is 0 Å². The Morgan fingerprint density at radius 3 is 2.86 bits per heavy atom. The third-order valence-electron chi connectivity index (χ3n) is 3.89. The number of amides is 1. The fraction of sp³-hybridized carbons (Fsp3) is 0.250. The fourth-order valence-electron chi connectivity index (χ4n) is 2.87. The van der Waals surface area contributed by atoms with Crippen LogP contribution in [-0.4, -0.2) is 22.3 Å². The van der Waals surface area contributed by atoms with Crippen LogP contribution in [0.2, 0.25) is 0 Å². The molecule has 0 saturated carbocycles. The second kappa shape index (κ2) is 5.76. The number of carbonyl (C=O) groups is 1. The van der Waals surface area contributed by atoms with Gasteiger partial charge in [-0.25, -0.2) is 4.98 Å².